The van der Waals surface area contributed by atoms with E-state index in [1.165, 1.54) is 11.0 Å². The van der Waals surface area contributed by atoms with Crippen LogP contribution in [0.15, 0.2) is 9.59 Å². The molecule has 126 valence electrons. The van der Waals surface area contributed by atoms with Gasteiger partial charge in [-0.2, -0.15) is 4.98 Å². The normalized spacial score (nSPS) is 20.2. The minimum Gasteiger partial charge on any atom is -0.392 e. The number of aliphatic hydroxyl groups excluding tert-OH is 1. The van der Waals surface area contributed by atoms with Gasteiger partial charge in [-0.25, -0.2) is 4.79 Å². The molecule has 0 radical (unpaired) electrons. The molecule has 23 heavy (non-hydrogen) atoms. The zero-order valence-corrected chi connectivity index (χ0v) is 13.7. The molecule has 2 atom stereocenters. The van der Waals surface area contributed by atoms with Crippen LogP contribution in [0.2, 0.25) is 0 Å². The van der Waals surface area contributed by atoms with E-state index >= 15 is 0 Å². The van der Waals surface area contributed by atoms with Gasteiger partial charge in [0.05, 0.1) is 12.6 Å². The van der Waals surface area contributed by atoms with Crippen molar-refractivity contribution < 1.29 is 5.11 Å². The first-order valence-corrected chi connectivity index (χ1v) is 8.01. The molecule has 8 nitrogen and oxygen atoms in total. The summed E-state index contributed by atoms with van der Waals surface area (Å²) < 4.78 is 3.07. The second kappa shape index (κ2) is 5.84. The summed E-state index contributed by atoms with van der Waals surface area (Å²) >= 11 is 0. The lowest BCUT2D eigenvalue weighted by atomic mass is 10.0. The number of imidazole rings is 1. The summed E-state index contributed by atoms with van der Waals surface area (Å²) in [5, 5.41) is 9.83. The van der Waals surface area contributed by atoms with Crippen molar-refractivity contribution in [2.75, 3.05) is 18.0 Å². The van der Waals surface area contributed by atoms with Crippen LogP contribution in [0.1, 0.15) is 26.7 Å². The fourth-order valence-electron chi connectivity index (χ4n) is 3.27. The van der Waals surface area contributed by atoms with Gasteiger partial charge in [0.2, 0.25) is 5.95 Å². The van der Waals surface area contributed by atoms with E-state index in [0.29, 0.717) is 23.0 Å². The summed E-state index contributed by atoms with van der Waals surface area (Å²) in [7, 11) is 1.59. The van der Waals surface area contributed by atoms with Gasteiger partial charge in [-0.05, 0) is 25.7 Å². The molecule has 1 aliphatic heterocycles. The number of nitrogens with one attached hydrogen (secondary N) is 1. The first kappa shape index (κ1) is 15.8. The van der Waals surface area contributed by atoms with Gasteiger partial charge in [-0.3, -0.25) is 14.3 Å². The van der Waals surface area contributed by atoms with Crippen molar-refractivity contribution in [3.05, 3.63) is 20.8 Å². The topological polar surface area (TPSA) is 96.2 Å². The first-order valence-electron chi connectivity index (χ1n) is 8.01. The third-order valence-corrected chi connectivity index (χ3v) is 4.37. The molecular weight excluding hydrogens is 298 g/mol. The smallest absolute Gasteiger partial charge is 0.329 e. The molecule has 0 spiro atoms. The van der Waals surface area contributed by atoms with E-state index in [0.717, 1.165) is 19.5 Å². The average Bonchev–Trinajstić information content (AvgIpc) is 2.84. The molecule has 0 saturated carbocycles. The van der Waals surface area contributed by atoms with E-state index < -0.39 is 17.4 Å². The Balaban J connectivity index is 2.23. The Hall–Kier alpha value is -2.09. The maximum Gasteiger partial charge on any atom is 0.329 e. The highest BCUT2D eigenvalue weighted by atomic mass is 16.3. The molecule has 3 heterocycles. The van der Waals surface area contributed by atoms with Gasteiger partial charge < -0.3 is 14.6 Å². The number of aromatic amines is 1. The lowest BCUT2D eigenvalue weighted by Crippen LogP contribution is -2.36. The van der Waals surface area contributed by atoms with Crippen LogP contribution in [0.25, 0.3) is 11.2 Å². The standard InChI is InChI=1S/C15H23N5O3/c1-9-5-4-6-19(7-9)14-16-12-11(20(14)8-10(2)21)13(22)17-15(23)18(12)3/h9-10,21H,4-8H2,1-3H3,(H,17,22,23)/t9-,10-/m0/s1. The van der Waals surface area contributed by atoms with Crippen LogP contribution in [-0.2, 0) is 13.6 Å². The number of aryl methyl sites for hydroxylation is 1. The summed E-state index contributed by atoms with van der Waals surface area (Å²) in [5.41, 5.74) is -0.260. The van der Waals surface area contributed by atoms with Gasteiger partial charge in [0.1, 0.15) is 0 Å². The number of H-pyrrole nitrogens is 1. The van der Waals surface area contributed by atoms with Crippen LogP contribution in [0.4, 0.5) is 5.95 Å². The molecule has 1 aliphatic rings. The molecule has 0 bridgehead atoms. The van der Waals surface area contributed by atoms with Crippen LogP contribution in [0.3, 0.4) is 0 Å². The molecule has 0 unspecified atom stereocenters. The molecule has 1 saturated heterocycles. The molecular formula is C15H23N5O3. The number of piperidine rings is 1. The van der Waals surface area contributed by atoms with E-state index in [-0.39, 0.29) is 6.54 Å². The van der Waals surface area contributed by atoms with E-state index in [2.05, 4.69) is 21.8 Å². The zero-order chi connectivity index (χ0) is 16.7. The minimum atomic E-state index is -0.620. The number of nitrogens with zero attached hydrogens (tertiary/aromatic N) is 4. The molecule has 0 amide bonds. The maximum atomic E-state index is 12.3. The van der Waals surface area contributed by atoms with Crippen molar-refractivity contribution in [2.45, 2.75) is 39.3 Å². The molecule has 3 rings (SSSR count). The second-order valence-electron chi connectivity index (χ2n) is 6.56. The van der Waals surface area contributed by atoms with Crippen molar-refractivity contribution >= 4 is 17.1 Å². The van der Waals surface area contributed by atoms with Crippen molar-refractivity contribution in [3.63, 3.8) is 0 Å². The zero-order valence-electron chi connectivity index (χ0n) is 13.7. The van der Waals surface area contributed by atoms with E-state index in [4.69, 9.17) is 0 Å². The van der Waals surface area contributed by atoms with Gasteiger partial charge >= 0.3 is 5.69 Å². The minimum absolute atomic E-state index is 0.262. The molecule has 0 aliphatic carbocycles. The number of anilines is 1. The lowest BCUT2D eigenvalue weighted by molar-refractivity contribution is 0.175. The van der Waals surface area contributed by atoms with E-state index in [1.807, 2.05) is 0 Å². The Morgan fingerprint density at radius 2 is 2.17 bits per heavy atom. The summed E-state index contributed by atoms with van der Waals surface area (Å²) in [4.78, 5) is 33.1. The quantitative estimate of drug-likeness (QED) is 0.832. The maximum absolute atomic E-state index is 12.3. The summed E-state index contributed by atoms with van der Waals surface area (Å²) in [6, 6.07) is 0. The van der Waals surface area contributed by atoms with Crippen LogP contribution in [0, 0.1) is 5.92 Å². The second-order valence-corrected chi connectivity index (χ2v) is 6.56. The Kier molecular flexibility index (Phi) is 4.01. The number of aliphatic hydroxyl groups is 1. The Morgan fingerprint density at radius 1 is 1.43 bits per heavy atom. The van der Waals surface area contributed by atoms with E-state index in [1.54, 1.807) is 18.5 Å². The lowest BCUT2D eigenvalue weighted by Gasteiger charge is -2.32. The fraction of sp³-hybridized carbons (Fsp3) is 0.667. The SMILES string of the molecule is C[C@H]1CCCN(c2nc3c(c(=O)[nH]c(=O)n3C)n2C[C@H](C)O)C1. The first-order chi connectivity index (χ1) is 10.9. The number of hydrogen-bond acceptors (Lipinski definition) is 5. The summed E-state index contributed by atoms with van der Waals surface area (Å²) in [6.45, 7) is 5.84. The average molecular weight is 321 g/mol. The molecule has 1 fully saturated rings. The summed E-state index contributed by atoms with van der Waals surface area (Å²) in [5.74, 6) is 1.20. The van der Waals surface area contributed by atoms with Crippen LogP contribution >= 0.6 is 0 Å². The number of fused-ring (bicyclic) bond motifs is 1. The molecule has 0 aromatic carbocycles. The highest BCUT2D eigenvalue weighted by Gasteiger charge is 2.25. The third kappa shape index (κ3) is 2.78. The Morgan fingerprint density at radius 3 is 2.83 bits per heavy atom. The third-order valence-electron chi connectivity index (χ3n) is 4.37. The number of hydrogen-bond donors (Lipinski definition) is 2. The van der Waals surface area contributed by atoms with Gasteiger partial charge in [-0.1, -0.05) is 6.92 Å². The van der Waals surface area contributed by atoms with Crippen molar-refractivity contribution in [1.82, 2.24) is 19.1 Å². The van der Waals surface area contributed by atoms with Gasteiger partial charge in [0.15, 0.2) is 11.2 Å². The highest BCUT2D eigenvalue weighted by molar-refractivity contribution is 5.74. The molecule has 8 heteroatoms. The number of rotatable bonds is 3. The van der Waals surface area contributed by atoms with Crippen molar-refractivity contribution in [1.29, 1.82) is 0 Å². The molecule has 2 N–H and O–H groups in total. The van der Waals surface area contributed by atoms with Crippen LogP contribution in [0.5, 0.6) is 0 Å². The van der Waals surface area contributed by atoms with E-state index in [9.17, 15) is 14.7 Å². The summed E-state index contributed by atoms with van der Waals surface area (Å²) in [6.07, 6.45) is 1.62. The monoisotopic (exact) mass is 321 g/mol. The predicted molar refractivity (Wildman–Crippen MR) is 87.9 cm³/mol. The van der Waals surface area contributed by atoms with Crippen molar-refractivity contribution in [2.24, 2.45) is 13.0 Å². The van der Waals surface area contributed by atoms with Crippen molar-refractivity contribution in [3.8, 4) is 0 Å². The van der Waals surface area contributed by atoms with Gasteiger partial charge in [0, 0.05) is 20.1 Å². The van der Waals surface area contributed by atoms with Gasteiger partial charge in [0.25, 0.3) is 5.56 Å². The fourth-order valence-corrected chi connectivity index (χ4v) is 3.27. The molecule has 2 aromatic rings. The Bertz CT molecular complexity index is 832. The predicted octanol–water partition coefficient (Wildman–Crippen LogP) is 0.0404. The van der Waals surface area contributed by atoms with Crippen LogP contribution < -0.4 is 16.1 Å². The van der Waals surface area contributed by atoms with Crippen LogP contribution in [-0.4, -0.2) is 43.4 Å². The highest BCUT2D eigenvalue weighted by Crippen LogP contribution is 2.25. The Labute approximate surface area is 133 Å². The molecule has 2 aromatic heterocycles. The largest absolute Gasteiger partial charge is 0.392 e. The van der Waals surface area contributed by atoms with Gasteiger partial charge in [-0.15, -0.1) is 0 Å². The number of aromatic nitrogens is 4.